The van der Waals surface area contributed by atoms with Crippen molar-refractivity contribution in [1.29, 1.82) is 0 Å². The highest BCUT2D eigenvalue weighted by Crippen LogP contribution is 2.25. The molecule has 1 fully saturated rings. The fourth-order valence-electron chi connectivity index (χ4n) is 3.43. The van der Waals surface area contributed by atoms with Gasteiger partial charge in [0.2, 0.25) is 6.10 Å². The molecule has 0 radical (unpaired) electrons. The van der Waals surface area contributed by atoms with E-state index in [1.807, 2.05) is 30.3 Å². The van der Waals surface area contributed by atoms with Gasteiger partial charge >= 0.3 is 0 Å². The Hall–Kier alpha value is -2.86. The molecule has 0 spiro atoms. The van der Waals surface area contributed by atoms with Crippen LogP contribution >= 0.6 is 11.6 Å². The molecule has 0 aromatic heterocycles. The zero-order valence-electron chi connectivity index (χ0n) is 15.2. The van der Waals surface area contributed by atoms with Gasteiger partial charge in [-0.05, 0) is 36.6 Å². The van der Waals surface area contributed by atoms with Gasteiger partial charge in [-0.25, -0.2) is 0 Å². The summed E-state index contributed by atoms with van der Waals surface area (Å²) < 4.78 is 0. The summed E-state index contributed by atoms with van der Waals surface area (Å²) in [6, 6.07) is 14.5. The summed E-state index contributed by atoms with van der Waals surface area (Å²) in [5.41, 5.74) is 2.47. The molecule has 1 N–H and O–H groups in total. The number of hydrogen-bond donors (Lipinski definition) is 1. The van der Waals surface area contributed by atoms with Crippen LogP contribution < -0.4 is 5.32 Å². The number of rotatable bonds is 4. The molecule has 2 aromatic rings. The zero-order chi connectivity index (χ0) is 19.5. The Balaban J connectivity index is 1.48. The van der Waals surface area contributed by atoms with Crippen LogP contribution in [-0.4, -0.2) is 41.6 Å². The molecule has 0 bridgehead atoms. The molecule has 1 saturated heterocycles. The number of anilines is 1. The molecule has 6 nitrogen and oxygen atoms in total. The third kappa shape index (κ3) is 3.87. The summed E-state index contributed by atoms with van der Waals surface area (Å²) in [6.07, 6.45) is 1.61. The summed E-state index contributed by atoms with van der Waals surface area (Å²) >= 11 is 6.10. The third-order valence-corrected chi connectivity index (χ3v) is 5.17. The zero-order valence-corrected chi connectivity index (χ0v) is 16.0. The van der Waals surface area contributed by atoms with Crippen molar-refractivity contribution in [2.24, 2.45) is 5.16 Å². The van der Waals surface area contributed by atoms with Crippen molar-refractivity contribution < 1.29 is 14.4 Å². The number of nitrogens with zero attached hydrogens (tertiary/aromatic N) is 2. The standard InChI is InChI=1S/C21H20ClN3O3/c22-15-8-9-16(21(27)25-10-4-5-11-25)18(12-15)23-20(26)19-13-17(24-28-19)14-6-2-1-3-7-14/h1-3,6-9,12,19H,4-5,10-11,13H2,(H,23,26). The monoisotopic (exact) mass is 397 g/mol. The SMILES string of the molecule is O=C(Nc1cc(Cl)ccc1C(=O)N1CCCC1)C1CC(c2ccccc2)=NO1. The second-order valence-corrected chi connectivity index (χ2v) is 7.32. The Morgan fingerprint density at radius 1 is 1.11 bits per heavy atom. The Morgan fingerprint density at radius 2 is 1.86 bits per heavy atom. The average Bonchev–Trinajstić information content (AvgIpc) is 3.41. The summed E-state index contributed by atoms with van der Waals surface area (Å²) in [5.74, 6) is -0.453. The van der Waals surface area contributed by atoms with E-state index in [9.17, 15) is 9.59 Å². The van der Waals surface area contributed by atoms with Gasteiger partial charge in [0, 0.05) is 24.5 Å². The predicted octanol–water partition coefficient (Wildman–Crippen LogP) is 3.71. The average molecular weight is 398 g/mol. The minimum absolute atomic E-state index is 0.0990. The van der Waals surface area contributed by atoms with Crippen LogP contribution in [0.1, 0.15) is 35.2 Å². The van der Waals surface area contributed by atoms with E-state index in [0.29, 0.717) is 22.7 Å². The lowest BCUT2D eigenvalue weighted by atomic mass is 10.0. The number of amides is 2. The van der Waals surface area contributed by atoms with E-state index in [4.69, 9.17) is 16.4 Å². The molecule has 7 heteroatoms. The molecule has 2 aromatic carbocycles. The summed E-state index contributed by atoms with van der Waals surface area (Å²) in [4.78, 5) is 32.6. The van der Waals surface area contributed by atoms with Crippen LogP contribution in [0, 0.1) is 0 Å². The first kappa shape index (κ1) is 18.5. The first-order valence-electron chi connectivity index (χ1n) is 9.29. The number of carbonyl (C=O) groups is 2. The number of halogens is 1. The summed E-state index contributed by atoms with van der Waals surface area (Å²) in [5, 5.41) is 7.29. The first-order chi connectivity index (χ1) is 13.6. The van der Waals surface area contributed by atoms with E-state index >= 15 is 0 Å². The lowest BCUT2D eigenvalue weighted by molar-refractivity contribution is -0.125. The first-order valence-corrected chi connectivity index (χ1v) is 9.67. The maximum absolute atomic E-state index is 12.8. The maximum Gasteiger partial charge on any atom is 0.268 e. The van der Waals surface area contributed by atoms with Gasteiger partial charge < -0.3 is 15.1 Å². The van der Waals surface area contributed by atoms with Crippen molar-refractivity contribution in [2.45, 2.75) is 25.4 Å². The topological polar surface area (TPSA) is 71.0 Å². The van der Waals surface area contributed by atoms with Crippen molar-refractivity contribution >= 4 is 34.8 Å². The van der Waals surface area contributed by atoms with Crippen LogP contribution in [-0.2, 0) is 9.63 Å². The van der Waals surface area contributed by atoms with E-state index in [1.54, 1.807) is 23.1 Å². The minimum atomic E-state index is -0.746. The van der Waals surface area contributed by atoms with E-state index in [2.05, 4.69) is 10.5 Å². The molecular formula is C21H20ClN3O3. The number of nitrogens with one attached hydrogen (secondary N) is 1. The number of benzene rings is 2. The fourth-order valence-corrected chi connectivity index (χ4v) is 3.60. The van der Waals surface area contributed by atoms with Gasteiger partial charge in [-0.2, -0.15) is 0 Å². The van der Waals surface area contributed by atoms with Gasteiger partial charge in [0.25, 0.3) is 11.8 Å². The molecule has 0 saturated carbocycles. The highest BCUT2D eigenvalue weighted by atomic mass is 35.5. The maximum atomic E-state index is 12.8. The molecule has 2 amide bonds. The van der Waals surface area contributed by atoms with Crippen LogP contribution in [0.3, 0.4) is 0 Å². The number of hydrogen-bond acceptors (Lipinski definition) is 4. The molecule has 2 aliphatic rings. The summed E-state index contributed by atoms with van der Waals surface area (Å²) in [7, 11) is 0. The second kappa shape index (κ2) is 8.02. The highest BCUT2D eigenvalue weighted by molar-refractivity contribution is 6.31. The van der Waals surface area contributed by atoms with Crippen molar-refractivity contribution in [3.8, 4) is 0 Å². The van der Waals surface area contributed by atoms with E-state index < -0.39 is 6.10 Å². The van der Waals surface area contributed by atoms with Gasteiger partial charge in [-0.1, -0.05) is 47.1 Å². The minimum Gasteiger partial charge on any atom is -0.382 e. The third-order valence-electron chi connectivity index (χ3n) is 4.93. The van der Waals surface area contributed by atoms with Gasteiger partial charge in [-0.15, -0.1) is 0 Å². The molecule has 0 aliphatic carbocycles. The molecule has 4 rings (SSSR count). The Labute approximate surface area is 168 Å². The van der Waals surface area contributed by atoms with Gasteiger partial charge in [0.1, 0.15) is 0 Å². The van der Waals surface area contributed by atoms with Crippen LogP contribution in [0.2, 0.25) is 5.02 Å². The van der Waals surface area contributed by atoms with Gasteiger partial charge in [0.15, 0.2) is 0 Å². The van der Waals surface area contributed by atoms with Crippen LogP contribution in [0.25, 0.3) is 0 Å². The van der Waals surface area contributed by atoms with Crippen molar-refractivity contribution in [3.05, 3.63) is 64.7 Å². The molecule has 2 aliphatic heterocycles. The molecule has 1 atom stereocenters. The van der Waals surface area contributed by atoms with Crippen molar-refractivity contribution in [3.63, 3.8) is 0 Å². The lowest BCUT2D eigenvalue weighted by Gasteiger charge is -2.19. The number of oxime groups is 1. The lowest BCUT2D eigenvalue weighted by Crippen LogP contribution is -2.31. The van der Waals surface area contributed by atoms with E-state index in [0.717, 1.165) is 37.2 Å². The van der Waals surface area contributed by atoms with Gasteiger partial charge in [-0.3, -0.25) is 9.59 Å². The van der Waals surface area contributed by atoms with Crippen molar-refractivity contribution in [2.75, 3.05) is 18.4 Å². The van der Waals surface area contributed by atoms with E-state index in [-0.39, 0.29) is 11.8 Å². The van der Waals surface area contributed by atoms with Gasteiger partial charge in [0.05, 0.1) is 17.0 Å². The summed E-state index contributed by atoms with van der Waals surface area (Å²) in [6.45, 7) is 1.46. The largest absolute Gasteiger partial charge is 0.382 e. The van der Waals surface area contributed by atoms with Crippen LogP contribution in [0.5, 0.6) is 0 Å². The normalized spacial score (nSPS) is 18.5. The molecular weight excluding hydrogens is 378 g/mol. The second-order valence-electron chi connectivity index (χ2n) is 6.88. The van der Waals surface area contributed by atoms with Crippen LogP contribution in [0.4, 0.5) is 5.69 Å². The van der Waals surface area contributed by atoms with E-state index in [1.165, 1.54) is 0 Å². The Kier molecular flexibility index (Phi) is 5.30. The molecule has 28 heavy (non-hydrogen) atoms. The number of carbonyl (C=O) groups excluding carboxylic acids is 2. The van der Waals surface area contributed by atoms with Crippen LogP contribution in [0.15, 0.2) is 53.7 Å². The number of likely N-dealkylation sites (tertiary alicyclic amines) is 1. The highest BCUT2D eigenvalue weighted by Gasteiger charge is 2.30. The molecule has 2 heterocycles. The smallest absolute Gasteiger partial charge is 0.268 e. The molecule has 144 valence electrons. The van der Waals surface area contributed by atoms with Crippen molar-refractivity contribution in [1.82, 2.24) is 4.90 Å². The quantitative estimate of drug-likeness (QED) is 0.854. The fraction of sp³-hybridized carbons (Fsp3) is 0.286. The predicted molar refractivity (Wildman–Crippen MR) is 108 cm³/mol. The Bertz CT molecular complexity index is 924. The Morgan fingerprint density at radius 3 is 2.61 bits per heavy atom. The molecule has 1 unspecified atom stereocenters.